The Morgan fingerprint density at radius 2 is 1.94 bits per heavy atom. The Morgan fingerprint density at radius 1 is 1.19 bits per heavy atom. The average molecular weight is 357 g/mol. The summed E-state index contributed by atoms with van der Waals surface area (Å²) in [5, 5.41) is 8.06. The normalized spacial score (nSPS) is 11.8. The molecule has 0 fully saturated rings. The first kappa shape index (κ1) is 11.7. The number of rotatable bonds is 1. The van der Waals surface area contributed by atoms with Crippen LogP contribution in [0.1, 0.15) is 5.56 Å². The molecule has 8 heteroatoms. The minimum absolute atomic E-state index is 0.397. The fourth-order valence-electron chi connectivity index (χ4n) is 0.997. The highest BCUT2D eigenvalue weighted by atomic mass is 127. The van der Waals surface area contributed by atoms with Crippen molar-refractivity contribution < 1.29 is 13.2 Å². The summed E-state index contributed by atoms with van der Waals surface area (Å²) in [7, 11) is 0. The smallest absolute Gasteiger partial charge is 0.253 e. The number of halogens is 4. The van der Waals surface area contributed by atoms with Crippen molar-refractivity contribution in [2.45, 2.75) is 6.18 Å². The number of alkyl halides is 3. The molecule has 0 saturated heterocycles. The molecule has 3 nitrogen and oxygen atoms in total. The van der Waals surface area contributed by atoms with Gasteiger partial charge in [-0.15, -0.1) is 10.2 Å². The topological polar surface area (TPSA) is 38.7 Å². The second-order valence-electron chi connectivity index (χ2n) is 2.79. The van der Waals surface area contributed by atoms with Crippen molar-refractivity contribution in [2.24, 2.45) is 0 Å². The van der Waals surface area contributed by atoms with Crippen LogP contribution < -0.4 is 0 Å². The third-order valence-corrected chi connectivity index (χ3v) is 3.32. The summed E-state index contributed by atoms with van der Waals surface area (Å²) >= 11 is 3.26. The molecule has 84 valence electrons. The van der Waals surface area contributed by atoms with Gasteiger partial charge < -0.3 is 0 Å². The molecule has 16 heavy (non-hydrogen) atoms. The number of nitrogens with zero attached hydrogens (tertiary/aromatic N) is 3. The zero-order chi connectivity index (χ0) is 11.8. The molecule has 0 amide bonds. The van der Waals surface area contributed by atoms with Crippen molar-refractivity contribution in [3.05, 3.63) is 26.9 Å². The van der Waals surface area contributed by atoms with E-state index < -0.39 is 11.7 Å². The number of aromatic nitrogens is 3. The molecular weight excluding hydrogens is 354 g/mol. The van der Waals surface area contributed by atoms with Crippen LogP contribution in [0.15, 0.2) is 18.3 Å². The first-order valence-electron chi connectivity index (χ1n) is 3.99. The van der Waals surface area contributed by atoms with E-state index in [-0.39, 0.29) is 0 Å². The molecule has 0 aliphatic heterocycles. The van der Waals surface area contributed by atoms with Crippen LogP contribution in [0.3, 0.4) is 0 Å². The Bertz CT molecular complexity index is 494. The van der Waals surface area contributed by atoms with Gasteiger partial charge in [-0.1, -0.05) is 11.3 Å². The lowest BCUT2D eigenvalue weighted by Gasteiger charge is -2.05. The Balaban J connectivity index is 2.33. The summed E-state index contributed by atoms with van der Waals surface area (Å²) in [5.41, 5.74) is -0.371. The van der Waals surface area contributed by atoms with Crippen molar-refractivity contribution in [3.63, 3.8) is 0 Å². The second kappa shape index (κ2) is 4.24. The molecule has 0 spiro atoms. The zero-order valence-electron chi connectivity index (χ0n) is 7.49. The average Bonchev–Trinajstić information content (AvgIpc) is 2.64. The van der Waals surface area contributed by atoms with E-state index >= 15 is 0 Å². The van der Waals surface area contributed by atoms with Gasteiger partial charge in [-0.2, -0.15) is 13.2 Å². The third-order valence-electron chi connectivity index (χ3n) is 1.71. The lowest BCUT2D eigenvalue weighted by atomic mass is 10.2. The summed E-state index contributed by atoms with van der Waals surface area (Å²) in [4.78, 5) is 3.71. The number of pyridine rings is 1. The molecule has 0 unspecified atom stereocenters. The van der Waals surface area contributed by atoms with Crippen LogP contribution >= 0.6 is 33.9 Å². The Hall–Kier alpha value is -0.770. The van der Waals surface area contributed by atoms with Gasteiger partial charge in [0.2, 0.25) is 0 Å². The van der Waals surface area contributed by atoms with E-state index in [2.05, 4.69) is 15.2 Å². The number of hydrogen-bond donors (Lipinski definition) is 0. The molecule has 0 aliphatic rings. The van der Waals surface area contributed by atoms with Gasteiger partial charge in [-0.25, -0.2) is 0 Å². The molecule has 0 atom stereocenters. The Morgan fingerprint density at radius 3 is 2.38 bits per heavy atom. The predicted molar refractivity (Wildman–Crippen MR) is 60.9 cm³/mol. The van der Waals surface area contributed by atoms with E-state index in [1.165, 1.54) is 17.4 Å². The minimum Gasteiger partial charge on any atom is -0.253 e. The van der Waals surface area contributed by atoms with Crippen LogP contribution in [0.2, 0.25) is 0 Å². The van der Waals surface area contributed by atoms with Crippen LogP contribution in [0.5, 0.6) is 0 Å². The molecule has 0 saturated carbocycles. The lowest BCUT2D eigenvalue weighted by molar-refractivity contribution is -0.137. The molecular formula is C8H3F3IN3S. The molecule has 0 aliphatic carbocycles. The molecule has 0 N–H and O–H groups in total. The Kier molecular flexibility index (Phi) is 3.10. The summed E-state index contributed by atoms with van der Waals surface area (Å²) in [6.45, 7) is 0. The molecule has 0 bridgehead atoms. The molecule has 2 aromatic heterocycles. The first-order chi connectivity index (χ1) is 7.47. The highest BCUT2D eigenvalue weighted by molar-refractivity contribution is 14.1. The summed E-state index contributed by atoms with van der Waals surface area (Å²) in [6.07, 6.45) is -3.56. The van der Waals surface area contributed by atoms with Crippen molar-refractivity contribution in [2.75, 3.05) is 0 Å². The molecule has 2 rings (SSSR count). The standard InChI is InChI=1S/C8H3F3IN3S/c9-8(10,11)4-1-2-5(13-3-4)6-14-15-7(12)16-6/h1-3H. The van der Waals surface area contributed by atoms with Gasteiger partial charge in [0.05, 0.1) is 5.56 Å². The highest BCUT2D eigenvalue weighted by Gasteiger charge is 2.30. The SMILES string of the molecule is FC(F)(F)c1ccc(-c2nnc(I)s2)nc1. The van der Waals surface area contributed by atoms with Crippen LogP contribution in [-0.2, 0) is 6.18 Å². The van der Waals surface area contributed by atoms with Crippen LogP contribution in [-0.4, -0.2) is 15.2 Å². The van der Waals surface area contributed by atoms with Gasteiger partial charge in [0.15, 0.2) is 8.02 Å². The first-order valence-corrected chi connectivity index (χ1v) is 5.89. The second-order valence-corrected chi connectivity index (χ2v) is 5.52. The van der Waals surface area contributed by atoms with Gasteiger partial charge in [0.1, 0.15) is 5.69 Å². The molecule has 0 radical (unpaired) electrons. The minimum atomic E-state index is -4.36. The molecule has 2 aromatic rings. The summed E-state index contributed by atoms with van der Waals surface area (Å²) in [5.74, 6) is 0. The fourth-order valence-corrected chi connectivity index (χ4v) is 2.28. The molecule has 0 aromatic carbocycles. The van der Waals surface area contributed by atoms with E-state index in [1.54, 1.807) is 0 Å². The fraction of sp³-hybridized carbons (Fsp3) is 0.125. The van der Waals surface area contributed by atoms with Gasteiger partial charge >= 0.3 is 6.18 Å². The number of hydrogen-bond acceptors (Lipinski definition) is 4. The van der Waals surface area contributed by atoms with E-state index in [4.69, 9.17) is 0 Å². The summed E-state index contributed by atoms with van der Waals surface area (Å²) < 4.78 is 37.5. The monoisotopic (exact) mass is 357 g/mol. The van der Waals surface area contributed by atoms with Crippen molar-refractivity contribution in [3.8, 4) is 10.7 Å². The predicted octanol–water partition coefficient (Wildman–Crippen LogP) is 3.22. The maximum absolute atomic E-state index is 12.3. The zero-order valence-corrected chi connectivity index (χ0v) is 10.5. The largest absolute Gasteiger partial charge is 0.417 e. The van der Waals surface area contributed by atoms with E-state index in [1.807, 2.05) is 22.6 Å². The molecule has 2 heterocycles. The van der Waals surface area contributed by atoms with Crippen molar-refractivity contribution in [1.82, 2.24) is 15.2 Å². The third kappa shape index (κ3) is 2.48. The van der Waals surface area contributed by atoms with E-state index in [0.29, 0.717) is 13.7 Å². The van der Waals surface area contributed by atoms with Crippen LogP contribution in [0.4, 0.5) is 13.2 Å². The Labute approximate surface area is 106 Å². The van der Waals surface area contributed by atoms with Crippen LogP contribution in [0.25, 0.3) is 10.7 Å². The van der Waals surface area contributed by atoms with E-state index in [0.717, 1.165) is 12.3 Å². The van der Waals surface area contributed by atoms with Crippen LogP contribution in [0, 0.1) is 3.01 Å². The van der Waals surface area contributed by atoms with Gasteiger partial charge in [-0.3, -0.25) is 4.98 Å². The maximum atomic E-state index is 12.3. The lowest BCUT2D eigenvalue weighted by Crippen LogP contribution is -2.05. The highest BCUT2D eigenvalue weighted by Crippen LogP contribution is 2.30. The maximum Gasteiger partial charge on any atom is 0.417 e. The summed E-state index contributed by atoms with van der Waals surface area (Å²) in [6, 6.07) is 2.27. The quantitative estimate of drug-likeness (QED) is 0.736. The van der Waals surface area contributed by atoms with Crippen molar-refractivity contribution in [1.29, 1.82) is 0 Å². The van der Waals surface area contributed by atoms with Gasteiger partial charge in [0.25, 0.3) is 0 Å². The van der Waals surface area contributed by atoms with Gasteiger partial charge in [-0.05, 0) is 34.7 Å². The van der Waals surface area contributed by atoms with Crippen molar-refractivity contribution >= 4 is 33.9 Å². The van der Waals surface area contributed by atoms with E-state index in [9.17, 15) is 13.2 Å². The van der Waals surface area contributed by atoms with Gasteiger partial charge in [0, 0.05) is 6.20 Å².